The van der Waals surface area contributed by atoms with Gasteiger partial charge >= 0.3 is 186 Å². The monoisotopic (exact) mass is 626 g/mol. The molecule has 162 valence electrons. The van der Waals surface area contributed by atoms with E-state index in [1.165, 1.54) is 19.3 Å². The third kappa shape index (κ3) is 3.76. The van der Waals surface area contributed by atoms with Crippen LogP contribution in [0.1, 0.15) is 70.2 Å². The molecule has 4 rings (SSSR count). The maximum absolute atomic E-state index is 2.66. The summed E-state index contributed by atoms with van der Waals surface area (Å²) in [5, 5.41) is 1.84. The molecule has 0 saturated heterocycles. The zero-order valence-electron chi connectivity index (χ0n) is 20.1. The topological polar surface area (TPSA) is 0 Å². The van der Waals surface area contributed by atoms with Gasteiger partial charge in [-0.15, -0.1) is 0 Å². The van der Waals surface area contributed by atoms with Crippen molar-refractivity contribution in [1.29, 1.82) is 0 Å². The van der Waals surface area contributed by atoms with Gasteiger partial charge in [-0.25, -0.2) is 0 Å². The summed E-state index contributed by atoms with van der Waals surface area (Å²) in [4.78, 5) is 0. The number of benzene rings is 1. The van der Waals surface area contributed by atoms with Gasteiger partial charge in [0.05, 0.1) is 0 Å². The fourth-order valence-corrected chi connectivity index (χ4v) is 21.1. The summed E-state index contributed by atoms with van der Waals surface area (Å²) in [7, 11) is -1.39. The van der Waals surface area contributed by atoms with Crippen LogP contribution in [0, 0.1) is 0 Å². The summed E-state index contributed by atoms with van der Waals surface area (Å²) in [6, 6.07) is 5.23. The summed E-state index contributed by atoms with van der Waals surface area (Å²) in [6.07, 6.45) is 6.59. The van der Waals surface area contributed by atoms with Gasteiger partial charge in [-0.1, -0.05) is 0 Å². The molecule has 0 radical (unpaired) electrons. The fraction of sp³-hybridized carbons (Fsp3) is 0.538. The Morgan fingerprint density at radius 3 is 1.80 bits per heavy atom. The summed E-state index contributed by atoms with van der Waals surface area (Å²) in [6.45, 7) is 22.5. The molecular formula is C26H36Cl2HfSi. The second-order valence-electron chi connectivity index (χ2n) is 10.7. The van der Waals surface area contributed by atoms with Crippen LogP contribution in [0.4, 0.5) is 0 Å². The molecule has 0 amide bonds. The average molecular weight is 626 g/mol. The van der Waals surface area contributed by atoms with Crippen LogP contribution in [0.5, 0.6) is 0 Å². The number of aryl methyl sites for hydroxylation is 2. The number of halogens is 2. The van der Waals surface area contributed by atoms with Crippen LogP contribution in [-0.2, 0) is 38.9 Å². The Labute approximate surface area is 209 Å². The minimum absolute atomic E-state index is 0. The molecule has 0 heterocycles. The van der Waals surface area contributed by atoms with Crippen molar-refractivity contribution in [3.05, 3.63) is 61.9 Å². The SMILES string of the molecule is CC1=C(C)[C](C)([Hf+2][C]2(C)C([Si](C)(C)C)=Cc3cc4c(cc32)CCC4)C(C)=C1C.[Cl-].[Cl-]. The maximum atomic E-state index is 2.66. The van der Waals surface area contributed by atoms with Gasteiger partial charge in [-0.05, 0) is 0 Å². The number of fused-ring (bicyclic) bond motifs is 2. The van der Waals surface area contributed by atoms with E-state index in [0.717, 1.165) is 0 Å². The van der Waals surface area contributed by atoms with E-state index in [4.69, 9.17) is 0 Å². The van der Waals surface area contributed by atoms with E-state index in [1.807, 2.05) is 5.20 Å². The van der Waals surface area contributed by atoms with Crippen molar-refractivity contribution in [3.63, 3.8) is 0 Å². The predicted octanol–water partition coefficient (Wildman–Crippen LogP) is 1.62. The van der Waals surface area contributed by atoms with Crippen LogP contribution >= 0.6 is 0 Å². The van der Waals surface area contributed by atoms with Crippen molar-refractivity contribution in [2.75, 3.05) is 0 Å². The van der Waals surface area contributed by atoms with Gasteiger partial charge in [0.1, 0.15) is 0 Å². The minimum atomic E-state index is -1.39. The standard InChI is InChI=1S/C16H21Si.C10H15.2ClH.Hf/c1-11-15-9-13-7-5-6-12(13)8-14(15)10-16(11)17(2,3)4;1-6-7(2)9(4)10(5)8(6)3;;;/h8-10H,5-7H2,1-4H3;1-5H3;2*1H;/q;;;;+2/p-2. The van der Waals surface area contributed by atoms with Gasteiger partial charge < -0.3 is 24.8 Å². The van der Waals surface area contributed by atoms with Gasteiger partial charge in [0.2, 0.25) is 0 Å². The van der Waals surface area contributed by atoms with Crippen LogP contribution in [-0.4, -0.2) is 8.07 Å². The van der Waals surface area contributed by atoms with E-state index >= 15 is 0 Å². The van der Waals surface area contributed by atoms with Crippen LogP contribution in [0.15, 0.2) is 39.6 Å². The van der Waals surface area contributed by atoms with E-state index in [-0.39, 0.29) is 24.8 Å². The Kier molecular flexibility index (Phi) is 7.44. The third-order valence-electron chi connectivity index (χ3n) is 8.14. The Morgan fingerprint density at radius 2 is 1.30 bits per heavy atom. The molecule has 1 aromatic rings. The van der Waals surface area contributed by atoms with Gasteiger partial charge in [0.15, 0.2) is 0 Å². The van der Waals surface area contributed by atoms with Crippen LogP contribution in [0.25, 0.3) is 6.08 Å². The van der Waals surface area contributed by atoms with Crippen molar-refractivity contribution >= 4 is 14.1 Å². The van der Waals surface area contributed by atoms with Crippen molar-refractivity contribution < 1.29 is 47.7 Å². The molecule has 30 heavy (non-hydrogen) atoms. The quantitative estimate of drug-likeness (QED) is 0.449. The first kappa shape index (κ1) is 26.4. The van der Waals surface area contributed by atoms with Gasteiger partial charge in [0, 0.05) is 0 Å². The summed E-state index contributed by atoms with van der Waals surface area (Å²) < 4.78 is 0.710. The first-order chi connectivity index (χ1) is 12.9. The van der Waals surface area contributed by atoms with Crippen molar-refractivity contribution in [2.24, 2.45) is 0 Å². The van der Waals surface area contributed by atoms with Crippen molar-refractivity contribution in [1.82, 2.24) is 0 Å². The fourth-order valence-electron chi connectivity index (χ4n) is 6.02. The second-order valence-corrected chi connectivity index (χ2v) is 23.9. The van der Waals surface area contributed by atoms with E-state index in [1.54, 1.807) is 44.5 Å². The third-order valence-corrected chi connectivity index (χ3v) is 19.5. The van der Waals surface area contributed by atoms with E-state index in [2.05, 4.69) is 79.4 Å². The van der Waals surface area contributed by atoms with Crippen LogP contribution in [0.2, 0.25) is 22.8 Å². The number of allylic oxidation sites excluding steroid dienone is 5. The summed E-state index contributed by atoms with van der Waals surface area (Å²) in [5.74, 6) is 0. The zero-order chi connectivity index (χ0) is 20.6. The van der Waals surface area contributed by atoms with Crippen molar-refractivity contribution in [3.8, 4) is 0 Å². The molecule has 0 saturated carbocycles. The Balaban J connectivity index is 0.00000160. The first-order valence-corrected chi connectivity index (χ1v) is 18.0. The number of hydrogen-bond donors (Lipinski definition) is 0. The molecule has 0 bridgehead atoms. The normalized spacial score (nSPS) is 24.1. The Hall–Kier alpha value is 0.107. The molecule has 3 aliphatic carbocycles. The zero-order valence-corrected chi connectivity index (χ0v) is 26.2. The molecule has 1 aromatic carbocycles. The van der Waals surface area contributed by atoms with Crippen molar-refractivity contribution in [2.45, 2.75) is 86.8 Å². The molecule has 0 fully saturated rings. The molecule has 0 N–H and O–H groups in total. The van der Waals surface area contributed by atoms with E-state index < -0.39 is 31.0 Å². The van der Waals surface area contributed by atoms with Crippen LogP contribution in [0.3, 0.4) is 0 Å². The molecule has 0 aliphatic heterocycles. The van der Waals surface area contributed by atoms with E-state index in [0.29, 0.717) is 6.34 Å². The Bertz CT molecular complexity index is 953. The van der Waals surface area contributed by atoms with Gasteiger partial charge in [-0.3, -0.25) is 0 Å². The molecule has 1 atom stereocenters. The first-order valence-electron chi connectivity index (χ1n) is 10.9. The van der Waals surface area contributed by atoms with Gasteiger partial charge in [-0.2, -0.15) is 0 Å². The van der Waals surface area contributed by atoms with E-state index in [9.17, 15) is 0 Å². The molecule has 0 nitrogen and oxygen atoms in total. The number of rotatable bonds is 3. The second kappa shape index (κ2) is 8.47. The summed E-state index contributed by atoms with van der Waals surface area (Å²) in [5.41, 5.74) is 13.1. The smallest absolute Gasteiger partial charge is 1.00 e. The maximum Gasteiger partial charge on any atom is -1.00 e. The number of hydrogen-bond acceptors (Lipinski definition) is 0. The predicted molar refractivity (Wildman–Crippen MR) is 122 cm³/mol. The molecular weight excluding hydrogens is 590 g/mol. The van der Waals surface area contributed by atoms with Crippen LogP contribution < -0.4 is 24.8 Å². The van der Waals surface area contributed by atoms with Gasteiger partial charge in [0.25, 0.3) is 0 Å². The summed E-state index contributed by atoms with van der Waals surface area (Å²) >= 11 is -1.16. The largest absolute Gasteiger partial charge is 1.00 e. The molecule has 3 aliphatic rings. The molecule has 1 unspecified atom stereocenters. The Morgan fingerprint density at radius 1 is 0.800 bits per heavy atom. The minimum Gasteiger partial charge on any atom is -1.00 e. The molecule has 0 aromatic heterocycles. The molecule has 0 spiro atoms. The molecule has 4 heteroatoms. The average Bonchev–Trinajstić information content (AvgIpc) is 3.22.